The number of pyridine rings is 1. The van der Waals surface area contributed by atoms with Gasteiger partial charge in [-0.2, -0.15) is 0 Å². The first kappa shape index (κ1) is 28.9. The minimum Gasteiger partial charge on any atom is -0.495 e. The van der Waals surface area contributed by atoms with Gasteiger partial charge in [0.1, 0.15) is 17.3 Å². The summed E-state index contributed by atoms with van der Waals surface area (Å²) in [5.74, 6) is 0.837. The number of fused-ring (bicyclic) bond motifs is 2. The summed E-state index contributed by atoms with van der Waals surface area (Å²) in [5.41, 5.74) is 11.5. The zero-order valence-corrected chi connectivity index (χ0v) is 25.2. The number of hydrogen-bond donors (Lipinski definition) is 3. The highest BCUT2D eigenvalue weighted by Gasteiger charge is 2.19. The van der Waals surface area contributed by atoms with Gasteiger partial charge >= 0.3 is 0 Å². The molecule has 43 heavy (non-hydrogen) atoms. The molecule has 1 aliphatic rings. The van der Waals surface area contributed by atoms with Crippen LogP contribution < -0.4 is 15.8 Å². The van der Waals surface area contributed by atoms with Crippen LogP contribution >= 0.6 is 11.3 Å². The zero-order chi connectivity index (χ0) is 29.9. The normalized spacial score (nSPS) is 14.7. The summed E-state index contributed by atoms with van der Waals surface area (Å²) in [6, 6.07) is 15.6. The average Bonchev–Trinajstić information content (AvgIpc) is 3.62. The highest BCUT2D eigenvalue weighted by atomic mass is 32.1. The Morgan fingerprint density at radius 3 is 2.70 bits per heavy atom. The number of nitrogens with two attached hydrogens (primary N) is 1. The number of hydrogen-bond acceptors (Lipinski definition) is 8. The Bertz CT molecular complexity index is 1800. The van der Waals surface area contributed by atoms with Crippen molar-refractivity contribution in [2.24, 2.45) is 7.05 Å². The fourth-order valence-electron chi connectivity index (χ4n) is 5.74. The number of piperazine rings is 1. The molecule has 1 saturated heterocycles. The van der Waals surface area contributed by atoms with E-state index < -0.39 is 0 Å². The van der Waals surface area contributed by atoms with E-state index in [1.54, 1.807) is 18.4 Å². The van der Waals surface area contributed by atoms with Gasteiger partial charge in [0.15, 0.2) is 0 Å². The van der Waals surface area contributed by atoms with Gasteiger partial charge in [-0.05, 0) is 35.2 Å². The molecule has 0 atom stereocenters. The molecular weight excluding hydrogens is 560 g/mol. The van der Waals surface area contributed by atoms with Gasteiger partial charge in [-0.3, -0.25) is 14.6 Å². The van der Waals surface area contributed by atoms with Gasteiger partial charge in [0.2, 0.25) is 0 Å². The van der Waals surface area contributed by atoms with E-state index in [2.05, 4.69) is 37.6 Å². The Morgan fingerprint density at radius 1 is 1.14 bits per heavy atom. The van der Waals surface area contributed by atoms with Crippen LogP contribution in [0.15, 0.2) is 66.2 Å². The lowest BCUT2D eigenvalue weighted by molar-refractivity contribution is 0.101. The monoisotopic (exact) mass is 596 g/mol. The molecule has 0 bridgehead atoms. The van der Waals surface area contributed by atoms with Crippen LogP contribution in [0.4, 0.5) is 11.5 Å². The molecule has 4 N–H and O–H groups in total. The number of aliphatic hydroxyl groups excluding tert-OH is 1. The summed E-state index contributed by atoms with van der Waals surface area (Å²) < 4.78 is 8.69. The van der Waals surface area contributed by atoms with Gasteiger partial charge in [-0.1, -0.05) is 36.4 Å². The topological polar surface area (TPSA) is 109 Å². The lowest BCUT2D eigenvalue weighted by Gasteiger charge is -2.33. The summed E-state index contributed by atoms with van der Waals surface area (Å²) in [6.45, 7) is 5.75. The lowest BCUT2D eigenvalue weighted by atomic mass is 10.0. The van der Waals surface area contributed by atoms with E-state index in [-0.39, 0.29) is 12.5 Å². The number of nitrogens with zero attached hydrogens (tertiary/aromatic N) is 4. The lowest BCUT2D eigenvalue weighted by Crippen LogP contribution is -2.47. The Balaban J connectivity index is 1.21. The van der Waals surface area contributed by atoms with Crippen LogP contribution in [-0.2, 0) is 7.05 Å². The Labute approximate surface area is 254 Å². The Kier molecular flexibility index (Phi) is 8.44. The number of anilines is 2. The first-order chi connectivity index (χ1) is 21.0. The zero-order valence-electron chi connectivity index (χ0n) is 24.4. The third-order valence-corrected chi connectivity index (χ3v) is 9.17. The molecule has 5 aromatic rings. The standard InChI is InChI=1S/C33H36N6O3S/c1-37-27-8-4-3-6-23(27)18-28(37)33(41)36-26-10-9-22(19-29(26)42-2)25-21-43-31-24(20-35-32(34)30(25)31)7-5-11-38-12-14-39(15-13-38)16-17-40/h3-10,18-21,40H,11-17H2,1-2H3,(H2,34,35)(H,36,41). The second-order valence-corrected chi connectivity index (χ2v) is 11.6. The molecule has 222 valence electrons. The molecule has 6 rings (SSSR count). The predicted molar refractivity (Wildman–Crippen MR) is 176 cm³/mol. The number of ether oxygens (including phenoxy) is 1. The van der Waals surface area contributed by atoms with Crippen LogP contribution in [0.3, 0.4) is 0 Å². The van der Waals surface area contributed by atoms with Crippen molar-refractivity contribution in [1.82, 2.24) is 19.4 Å². The molecule has 0 saturated carbocycles. The van der Waals surface area contributed by atoms with E-state index in [0.29, 0.717) is 22.9 Å². The Morgan fingerprint density at radius 2 is 1.93 bits per heavy atom. The maximum atomic E-state index is 13.2. The van der Waals surface area contributed by atoms with Gasteiger partial charge in [-0.15, -0.1) is 11.3 Å². The maximum Gasteiger partial charge on any atom is 0.272 e. The van der Waals surface area contributed by atoms with E-state index in [4.69, 9.17) is 15.6 Å². The van der Waals surface area contributed by atoms with Gasteiger partial charge in [0.05, 0.1) is 19.4 Å². The summed E-state index contributed by atoms with van der Waals surface area (Å²) in [5, 5.41) is 16.2. The third-order valence-electron chi connectivity index (χ3n) is 8.14. The molecule has 0 unspecified atom stereocenters. The van der Waals surface area contributed by atoms with Crippen molar-refractivity contribution in [1.29, 1.82) is 0 Å². The van der Waals surface area contributed by atoms with Crippen molar-refractivity contribution in [3.63, 3.8) is 0 Å². The van der Waals surface area contributed by atoms with Crippen LogP contribution in [0, 0.1) is 0 Å². The number of β-amino-alcohol motifs (C(OH)–C–C–N with tert-alkyl or cyclic N) is 1. The molecule has 1 aliphatic heterocycles. The third kappa shape index (κ3) is 5.87. The quantitative estimate of drug-likeness (QED) is 0.222. The molecule has 2 aromatic carbocycles. The average molecular weight is 597 g/mol. The predicted octanol–water partition coefficient (Wildman–Crippen LogP) is 4.92. The number of aryl methyl sites for hydroxylation is 1. The number of para-hydroxylation sites is 1. The smallest absolute Gasteiger partial charge is 0.272 e. The molecule has 4 heterocycles. The number of thiophene rings is 1. The first-order valence-corrected chi connectivity index (χ1v) is 15.3. The van der Waals surface area contributed by atoms with Gasteiger partial charge in [-0.25, -0.2) is 4.98 Å². The summed E-state index contributed by atoms with van der Waals surface area (Å²) in [7, 11) is 3.49. The fraction of sp³-hybridized carbons (Fsp3) is 0.273. The number of benzene rings is 2. The second kappa shape index (κ2) is 12.6. The number of nitrogen functional groups attached to an aromatic ring is 1. The number of methoxy groups -OCH3 is 1. The number of nitrogens with one attached hydrogen (secondary N) is 1. The summed E-state index contributed by atoms with van der Waals surface area (Å²) in [6.07, 6.45) is 6.14. The summed E-state index contributed by atoms with van der Waals surface area (Å²) in [4.78, 5) is 22.5. The Hall–Kier alpha value is -4.22. The van der Waals surface area contributed by atoms with Gasteiger partial charge in [0.25, 0.3) is 5.91 Å². The minimum atomic E-state index is -0.206. The highest BCUT2D eigenvalue weighted by Crippen LogP contribution is 2.41. The number of carbonyl (C=O) groups excluding carboxylic acids is 1. The van der Waals surface area contributed by atoms with E-state index >= 15 is 0 Å². The molecule has 1 amide bonds. The van der Waals surface area contributed by atoms with Crippen LogP contribution in [0.5, 0.6) is 5.75 Å². The van der Waals surface area contributed by atoms with Crippen molar-refractivity contribution in [2.75, 3.05) is 64.0 Å². The van der Waals surface area contributed by atoms with Crippen molar-refractivity contribution >= 4 is 55.8 Å². The van der Waals surface area contributed by atoms with Crippen LogP contribution in [0.1, 0.15) is 16.1 Å². The van der Waals surface area contributed by atoms with E-state index in [9.17, 15) is 4.79 Å². The van der Waals surface area contributed by atoms with Gasteiger partial charge < -0.3 is 25.5 Å². The van der Waals surface area contributed by atoms with Crippen LogP contribution in [0.2, 0.25) is 0 Å². The molecule has 10 heteroatoms. The van der Waals surface area contributed by atoms with E-state index in [0.717, 1.165) is 76.9 Å². The van der Waals surface area contributed by atoms with Crippen LogP contribution in [-0.4, -0.2) is 83.3 Å². The molecule has 9 nitrogen and oxygen atoms in total. The molecule has 1 fully saturated rings. The number of carbonyl (C=O) groups is 1. The van der Waals surface area contributed by atoms with Crippen molar-refractivity contribution in [3.8, 4) is 16.9 Å². The van der Waals surface area contributed by atoms with E-state index in [1.807, 2.05) is 66.3 Å². The number of rotatable bonds is 9. The molecule has 0 radical (unpaired) electrons. The molecule has 3 aromatic heterocycles. The van der Waals surface area contributed by atoms with Crippen molar-refractivity contribution in [2.45, 2.75) is 0 Å². The van der Waals surface area contributed by atoms with Crippen molar-refractivity contribution < 1.29 is 14.6 Å². The highest BCUT2D eigenvalue weighted by molar-refractivity contribution is 7.18. The minimum absolute atomic E-state index is 0.206. The fourth-order valence-corrected chi connectivity index (χ4v) is 6.82. The summed E-state index contributed by atoms with van der Waals surface area (Å²) >= 11 is 1.64. The van der Waals surface area contributed by atoms with Gasteiger partial charge in [0, 0.05) is 84.6 Å². The molecular formula is C33H36N6O3S. The largest absolute Gasteiger partial charge is 0.495 e. The molecule has 0 aliphatic carbocycles. The van der Waals surface area contributed by atoms with Crippen LogP contribution in [0.25, 0.3) is 38.2 Å². The van der Waals surface area contributed by atoms with E-state index in [1.165, 1.54) is 0 Å². The second-order valence-electron chi connectivity index (χ2n) is 10.7. The number of aliphatic hydroxyl groups is 1. The number of amides is 1. The SMILES string of the molecule is COc1cc(-c2csc3c(C=CCN4CCN(CCO)CC4)cnc(N)c23)ccc1NC(=O)c1cc2ccccc2n1C. The van der Waals surface area contributed by atoms with Crippen molar-refractivity contribution in [3.05, 3.63) is 77.4 Å². The molecule has 0 spiro atoms. The first-order valence-electron chi connectivity index (χ1n) is 14.4. The maximum absolute atomic E-state index is 13.2. The number of aromatic nitrogens is 2.